The highest BCUT2D eigenvalue weighted by molar-refractivity contribution is 6.00. The Bertz CT molecular complexity index is 597. The molecule has 1 fully saturated rings. The molecule has 1 unspecified atom stereocenters. The molecule has 1 aromatic heterocycles. The Hall–Kier alpha value is -1.81. The molecule has 0 radical (unpaired) electrons. The molecule has 0 spiro atoms. The lowest BCUT2D eigenvalue weighted by molar-refractivity contribution is 0.244. The van der Waals surface area contributed by atoms with E-state index in [-0.39, 0.29) is 6.61 Å². The van der Waals surface area contributed by atoms with Gasteiger partial charge in [0, 0.05) is 54.2 Å². The number of anilines is 2. The van der Waals surface area contributed by atoms with Crippen molar-refractivity contribution < 1.29 is 5.11 Å². The molecule has 0 aliphatic carbocycles. The molecule has 1 atom stereocenters. The van der Waals surface area contributed by atoms with Gasteiger partial charge in [-0.25, -0.2) is 0 Å². The first-order valence-electron chi connectivity index (χ1n) is 7.27. The summed E-state index contributed by atoms with van der Waals surface area (Å²) in [6.45, 7) is 2.35. The van der Waals surface area contributed by atoms with Crippen molar-refractivity contribution in [3.63, 3.8) is 0 Å². The molecular weight excluding hydrogens is 250 g/mol. The Kier molecular flexibility index (Phi) is 3.74. The Labute approximate surface area is 119 Å². The summed E-state index contributed by atoms with van der Waals surface area (Å²) in [6, 6.07) is 6.05. The van der Waals surface area contributed by atoms with Crippen molar-refractivity contribution in [2.45, 2.75) is 19.3 Å². The highest BCUT2D eigenvalue weighted by atomic mass is 16.3. The highest BCUT2D eigenvalue weighted by Gasteiger charge is 2.21. The minimum Gasteiger partial charge on any atom is -0.398 e. The molecule has 1 aromatic carbocycles. The Morgan fingerprint density at radius 1 is 1.30 bits per heavy atom. The van der Waals surface area contributed by atoms with Crippen molar-refractivity contribution in [3.05, 3.63) is 30.6 Å². The Morgan fingerprint density at radius 2 is 2.20 bits per heavy atom. The van der Waals surface area contributed by atoms with Gasteiger partial charge in [0.2, 0.25) is 0 Å². The molecule has 106 valence electrons. The largest absolute Gasteiger partial charge is 0.398 e. The van der Waals surface area contributed by atoms with Gasteiger partial charge in [-0.05, 0) is 43.4 Å². The number of hydrogen-bond donors (Lipinski definition) is 2. The van der Waals surface area contributed by atoms with Gasteiger partial charge in [0.05, 0.1) is 0 Å². The van der Waals surface area contributed by atoms with Crippen LogP contribution in [0, 0.1) is 5.92 Å². The van der Waals surface area contributed by atoms with Crippen molar-refractivity contribution in [3.8, 4) is 0 Å². The van der Waals surface area contributed by atoms with E-state index < -0.39 is 0 Å². The minimum absolute atomic E-state index is 0.280. The van der Waals surface area contributed by atoms with Crippen LogP contribution in [0.25, 0.3) is 10.8 Å². The van der Waals surface area contributed by atoms with E-state index in [1.165, 1.54) is 18.5 Å². The number of hydrogen-bond acceptors (Lipinski definition) is 4. The van der Waals surface area contributed by atoms with Gasteiger partial charge < -0.3 is 15.7 Å². The molecule has 4 nitrogen and oxygen atoms in total. The minimum atomic E-state index is 0.280. The quantitative estimate of drug-likeness (QED) is 0.842. The van der Waals surface area contributed by atoms with Crippen LogP contribution in [0.15, 0.2) is 30.6 Å². The van der Waals surface area contributed by atoms with Gasteiger partial charge in [-0.1, -0.05) is 0 Å². The molecule has 1 saturated heterocycles. The molecule has 1 aliphatic heterocycles. The molecule has 0 amide bonds. The van der Waals surface area contributed by atoms with Crippen molar-refractivity contribution in [2.75, 3.05) is 30.3 Å². The second-order valence-electron chi connectivity index (χ2n) is 5.56. The fourth-order valence-corrected chi connectivity index (χ4v) is 3.18. The number of aromatic nitrogens is 1. The number of benzene rings is 1. The summed E-state index contributed by atoms with van der Waals surface area (Å²) in [5, 5.41) is 11.3. The van der Waals surface area contributed by atoms with Gasteiger partial charge in [0.25, 0.3) is 0 Å². The summed E-state index contributed by atoms with van der Waals surface area (Å²) in [4.78, 5) is 6.65. The molecule has 3 N–H and O–H groups in total. The summed E-state index contributed by atoms with van der Waals surface area (Å²) in [7, 11) is 0. The molecule has 0 saturated carbocycles. The molecule has 0 bridgehead atoms. The van der Waals surface area contributed by atoms with Gasteiger partial charge in [0.1, 0.15) is 0 Å². The summed E-state index contributed by atoms with van der Waals surface area (Å²) >= 11 is 0. The normalized spacial score (nSPS) is 19.4. The highest BCUT2D eigenvalue weighted by Crippen LogP contribution is 2.33. The predicted octanol–water partition coefficient (Wildman–Crippen LogP) is 2.42. The van der Waals surface area contributed by atoms with Crippen LogP contribution in [0.5, 0.6) is 0 Å². The zero-order chi connectivity index (χ0) is 13.9. The molecule has 2 heterocycles. The number of rotatable bonds is 3. The number of aliphatic hydroxyl groups excluding tert-OH is 1. The number of nitrogens with zero attached hydrogens (tertiary/aromatic N) is 2. The number of aliphatic hydroxyl groups is 1. The first-order chi connectivity index (χ1) is 9.79. The Morgan fingerprint density at radius 3 is 3.05 bits per heavy atom. The summed E-state index contributed by atoms with van der Waals surface area (Å²) in [6.07, 6.45) is 6.96. The van der Waals surface area contributed by atoms with Gasteiger partial charge in [-0.3, -0.25) is 4.98 Å². The van der Waals surface area contributed by atoms with Gasteiger partial charge in [-0.2, -0.15) is 0 Å². The van der Waals surface area contributed by atoms with Crippen LogP contribution in [-0.2, 0) is 0 Å². The van der Waals surface area contributed by atoms with E-state index in [0.717, 1.165) is 36.0 Å². The van der Waals surface area contributed by atoms with Crippen LogP contribution in [0.3, 0.4) is 0 Å². The first-order valence-corrected chi connectivity index (χ1v) is 7.27. The van der Waals surface area contributed by atoms with E-state index in [1.54, 1.807) is 6.20 Å². The van der Waals surface area contributed by atoms with Crippen LogP contribution >= 0.6 is 0 Å². The molecule has 4 heteroatoms. The van der Waals surface area contributed by atoms with E-state index in [1.807, 2.05) is 18.3 Å². The number of nitrogen functional groups attached to an aromatic ring is 1. The molecule has 20 heavy (non-hydrogen) atoms. The van der Waals surface area contributed by atoms with Crippen LogP contribution in [0.2, 0.25) is 0 Å². The number of nitrogens with two attached hydrogens (primary N) is 1. The summed E-state index contributed by atoms with van der Waals surface area (Å²) < 4.78 is 0. The maximum Gasteiger partial charge on any atom is 0.0463 e. The average molecular weight is 271 g/mol. The monoisotopic (exact) mass is 271 g/mol. The average Bonchev–Trinajstić information content (AvgIpc) is 2.49. The molecule has 3 rings (SSSR count). The van der Waals surface area contributed by atoms with Crippen molar-refractivity contribution in [1.29, 1.82) is 0 Å². The fourth-order valence-electron chi connectivity index (χ4n) is 3.18. The van der Waals surface area contributed by atoms with Gasteiger partial charge in [0.15, 0.2) is 0 Å². The van der Waals surface area contributed by atoms with E-state index in [9.17, 15) is 0 Å². The SMILES string of the molecule is Nc1ccc(N2CCCC(CCO)C2)c2cnccc12. The lowest BCUT2D eigenvalue weighted by Crippen LogP contribution is -2.35. The number of piperidine rings is 1. The zero-order valence-corrected chi connectivity index (χ0v) is 11.6. The number of fused-ring (bicyclic) bond motifs is 1. The van der Waals surface area contributed by atoms with Crippen molar-refractivity contribution in [2.24, 2.45) is 5.92 Å². The maximum absolute atomic E-state index is 9.14. The number of pyridine rings is 1. The van der Waals surface area contributed by atoms with E-state index in [0.29, 0.717) is 5.92 Å². The maximum atomic E-state index is 9.14. The standard InChI is InChI=1S/C16H21N3O/c17-15-3-4-16(14-10-18-7-5-13(14)15)19-8-1-2-12(11-19)6-9-20/h3-5,7,10,12,20H,1-2,6,8-9,11,17H2. The second kappa shape index (κ2) is 5.67. The zero-order valence-electron chi connectivity index (χ0n) is 11.6. The van der Waals surface area contributed by atoms with Crippen molar-refractivity contribution in [1.82, 2.24) is 4.98 Å². The third kappa shape index (κ3) is 2.43. The van der Waals surface area contributed by atoms with Gasteiger partial charge in [-0.15, -0.1) is 0 Å². The van der Waals surface area contributed by atoms with E-state index in [4.69, 9.17) is 10.8 Å². The topological polar surface area (TPSA) is 62.4 Å². The van der Waals surface area contributed by atoms with Crippen molar-refractivity contribution >= 4 is 22.1 Å². The van der Waals surface area contributed by atoms with Crippen LogP contribution in [0.4, 0.5) is 11.4 Å². The Balaban J connectivity index is 1.95. The van der Waals surface area contributed by atoms with Crippen LogP contribution in [-0.4, -0.2) is 29.8 Å². The summed E-state index contributed by atoms with van der Waals surface area (Å²) in [5.74, 6) is 0.582. The first kappa shape index (κ1) is 13.2. The summed E-state index contributed by atoms with van der Waals surface area (Å²) in [5.41, 5.74) is 8.06. The molecule has 1 aliphatic rings. The van der Waals surface area contributed by atoms with Gasteiger partial charge >= 0.3 is 0 Å². The fraction of sp³-hybridized carbons (Fsp3) is 0.438. The molecular formula is C16H21N3O. The van der Waals surface area contributed by atoms with E-state index in [2.05, 4.69) is 16.0 Å². The lowest BCUT2D eigenvalue weighted by atomic mass is 9.94. The third-order valence-electron chi connectivity index (χ3n) is 4.23. The second-order valence-corrected chi connectivity index (χ2v) is 5.56. The van der Waals surface area contributed by atoms with Crippen LogP contribution in [0.1, 0.15) is 19.3 Å². The lowest BCUT2D eigenvalue weighted by Gasteiger charge is -2.35. The smallest absolute Gasteiger partial charge is 0.0463 e. The van der Waals surface area contributed by atoms with E-state index >= 15 is 0 Å². The third-order valence-corrected chi connectivity index (χ3v) is 4.23. The predicted molar refractivity (Wildman–Crippen MR) is 82.8 cm³/mol. The molecule has 2 aromatic rings. The van der Waals surface area contributed by atoms with Crippen LogP contribution < -0.4 is 10.6 Å².